The van der Waals surface area contributed by atoms with E-state index in [0.717, 1.165) is 25.3 Å². The lowest BCUT2D eigenvalue weighted by molar-refractivity contribution is 0.161. The standard InChI is InChI=1S/C10H19N3O/c1-3-4-9(7-14-2)12-6-10-5-11-8-13-10/h5,8-9,12H,3-4,6-7H2,1-2H3,(H,11,13). The van der Waals surface area contributed by atoms with Crippen molar-refractivity contribution < 1.29 is 4.74 Å². The Morgan fingerprint density at radius 2 is 2.50 bits per heavy atom. The molecule has 1 atom stereocenters. The molecule has 0 aliphatic rings. The van der Waals surface area contributed by atoms with E-state index in [1.54, 1.807) is 13.4 Å². The largest absolute Gasteiger partial charge is 0.383 e. The van der Waals surface area contributed by atoms with Crippen molar-refractivity contribution in [2.75, 3.05) is 13.7 Å². The van der Waals surface area contributed by atoms with Crippen molar-refractivity contribution in [3.8, 4) is 0 Å². The Bertz CT molecular complexity index is 217. The SMILES string of the molecule is CCCC(COC)NCc1cnc[nH]1. The zero-order valence-corrected chi connectivity index (χ0v) is 8.92. The van der Waals surface area contributed by atoms with E-state index in [4.69, 9.17) is 4.74 Å². The summed E-state index contributed by atoms with van der Waals surface area (Å²) in [7, 11) is 1.74. The highest BCUT2D eigenvalue weighted by molar-refractivity contribution is 4.93. The van der Waals surface area contributed by atoms with E-state index in [1.807, 2.05) is 6.20 Å². The molecule has 0 amide bonds. The molecular formula is C10H19N3O. The quantitative estimate of drug-likeness (QED) is 0.693. The van der Waals surface area contributed by atoms with Gasteiger partial charge >= 0.3 is 0 Å². The fourth-order valence-electron chi connectivity index (χ4n) is 1.43. The number of H-pyrrole nitrogens is 1. The number of aromatic amines is 1. The van der Waals surface area contributed by atoms with Crippen LogP contribution in [0.15, 0.2) is 12.5 Å². The summed E-state index contributed by atoms with van der Waals surface area (Å²) in [6.07, 6.45) is 5.84. The van der Waals surface area contributed by atoms with Crippen LogP contribution < -0.4 is 5.32 Å². The molecule has 2 N–H and O–H groups in total. The van der Waals surface area contributed by atoms with Crippen molar-refractivity contribution in [1.29, 1.82) is 0 Å². The van der Waals surface area contributed by atoms with Crippen molar-refractivity contribution >= 4 is 0 Å². The highest BCUT2D eigenvalue weighted by Gasteiger charge is 2.06. The number of ether oxygens (including phenoxy) is 1. The average Bonchev–Trinajstić information content (AvgIpc) is 2.67. The normalized spacial score (nSPS) is 13.0. The van der Waals surface area contributed by atoms with Gasteiger partial charge in [0.1, 0.15) is 0 Å². The average molecular weight is 197 g/mol. The molecule has 0 radical (unpaired) electrons. The first-order valence-corrected chi connectivity index (χ1v) is 5.06. The first-order chi connectivity index (χ1) is 6.86. The summed E-state index contributed by atoms with van der Waals surface area (Å²) in [6, 6.07) is 0.438. The third kappa shape index (κ3) is 3.89. The summed E-state index contributed by atoms with van der Waals surface area (Å²) in [5.74, 6) is 0. The molecule has 0 aliphatic heterocycles. The molecule has 0 saturated heterocycles. The molecular weight excluding hydrogens is 178 g/mol. The maximum absolute atomic E-state index is 5.14. The molecule has 4 heteroatoms. The summed E-state index contributed by atoms with van der Waals surface area (Å²) >= 11 is 0. The monoisotopic (exact) mass is 197 g/mol. The van der Waals surface area contributed by atoms with Crippen molar-refractivity contribution in [2.24, 2.45) is 0 Å². The number of aromatic nitrogens is 2. The fraction of sp³-hybridized carbons (Fsp3) is 0.700. The minimum atomic E-state index is 0.438. The Balaban J connectivity index is 2.25. The Morgan fingerprint density at radius 1 is 1.64 bits per heavy atom. The number of hydrogen-bond acceptors (Lipinski definition) is 3. The van der Waals surface area contributed by atoms with E-state index >= 15 is 0 Å². The van der Waals surface area contributed by atoms with Gasteiger partial charge in [0.25, 0.3) is 0 Å². The first-order valence-electron chi connectivity index (χ1n) is 5.06. The van der Waals surface area contributed by atoms with Crippen LogP contribution in [0.3, 0.4) is 0 Å². The highest BCUT2D eigenvalue weighted by atomic mass is 16.5. The zero-order valence-electron chi connectivity index (χ0n) is 8.92. The van der Waals surface area contributed by atoms with Crippen LogP contribution in [0.5, 0.6) is 0 Å². The number of imidazole rings is 1. The Morgan fingerprint density at radius 3 is 3.07 bits per heavy atom. The third-order valence-electron chi connectivity index (χ3n) is 2.14. The number of nitrogens with zero attached hydrogens (tertiary/aromatic N) is 1. The van der Waals surface area contributed by atoms with Gasteiger partial charge in [0.2, 0.25) is 0 Å². The number of methoxy groups -OCH3 is 1. The van der Waals surface area contributed by atoms with Crippen molar-refractivity contribution in [3.63, 3.8) is 0 Å². The summed E-state index contributed by atoms with van der Waals surface area (Å²) < 4.78 is 5.14. The molecule has 0 aliphatic carbocycles. The molecule has 1 unspecified atom stereocenters. The second kappa shape index (κ2) is 6.56. The second-order valence-electron chi connectivity index (χ2n) is 3.40. The summed E-state index contributed by atoms with van der Waals surface area (Å²) in [5.41, 5.74) is 1.11. The van der Waals surface area contributed by atoms with Crippen LogP contribution >= 0.6 is 0 Å². The second-order valence-corrected chi connectivity index (χ2v) is 3.40. The van der Waals surface area contributed by atoms with Crippen molar-refractivity contribution in [2.45, 2.75) is 32.4 Å². The molecule has 0 saturated carbocycles. The molecule has 1 aromatic heterocycles. The molecule has 0 aromatic carbocycles. The minimum absolute atomic E-state index is 0.438. The fourth-order valence-corrected chi connectivity index (χ4v) is 1.43. The van der Waals surface area contributed by atoms with Gasteiger partial charge in [-0.3, -0.25) is 0 Å². The topological polar surface area (TPSA) is 49.9 Å². The Labute approximate surface area is 85.1 Å². The molecule has 1 heterocycles. The van der Waals surface area contributed by atoms with E-state index < -0.39 is 0 Å². The molecule has 80 valence electrons. The lowest BCUT2D eigenvalue weighted by Crippen LogP contribution is -2.32. The summed E-state index contributed by atoms with van der Waals surface area (Å²) in [6.45, 7) is 3.77. The van der Waals surface area contributed by atoms with Crippen molar-refractivity contribution in [1.82, 2.24) is 15.3 Å². The van der Waals surface area contributed by atoms with Crippen LogP contribution in [0.1, 0.15) is 25.5 Å². The smallest absolute Gasteiger partial charge is 0.0922 e. The van der Waals surface area contributed by atoms with E-state index in [2.05, 4.69) is 22.2 Å². The predicted molar refractivity (Wildman–Crippen MR) is 56.0 cm³/mol. The van der Waals surface area contributed by atoms with Crippen LogP contribution in [-0.2, 0) is 11.3 Å². The van der Waals surface area contributed by atoms with Gasteiger partial charge in [-0.15, -0.1) is 0 Å². The van der Waals surface area contributed by atoms with Gasteiger partial charge in [0.15, 0.2) is 0 Å². The zero-order chi connectivity index (χ0) is 10.2. The molecule has 14 heavy (non-hydrogen) atoms. The third-order valence-corrected chi connectivity index (χ3v) is 2.14. The van der Waals surface area contributed by atoms with Crippen LogP contribution in [0, 0.1) is 0 Å². The minimum Gasteiger partial charge on any atom is -0.383 e. The lowest BCUT2D eigenvalue weighted by Gasteiger charge is -2.16. The van der Waals surface area contributed by atoms with Crippen LogP contribution in [-0.4, -0.2) is 29.7 Å². The maximum Gasteiger partial charge on any atom is 0.0922 e. The first kappa shape index (κ1) is 11.2. The van der Waals surface area contributed by atoms with Crippen molar-refractivity contribution in [3.05, 3.63) is 18.2 Å². The lowest BCUT2D eigenvalue weighted by atomic mass is 10.2. The van der Waals surface area contributed by atoms with E-state index in [0.29, 0.717) is 6.04 Å². The van der Waals surface area contributed by atoms with Gasteiger partial charge in [-0.2, -0.15) is 0 Å². The van der Waals surface area contributed by atoms with E-state index in [-0.39, 0.29) is 0 Å². The molecule has 0 bridgehead atoms. The Kier molecular flexibility index (Phi) is 5.25. The van der Waals surface area contributed by atoms with Gasteiger partial charge in [-0.25, -0.2) is 4.98 Å². The summed E-state index contributed by atoms with van der Waals surface area (Å²) in [4.78, 5) is 7.03. The van der Waals surface area contributed by atoms with Crippen LogP contribution in [0.4, 0.5) is 0 Å². The molecule has 4 nitrogen and oxygen atoms in total. The molecule has 0 fully saturated rings. The molecule has 1 rings (SSSR count). The molecule has 1 aromatic rings. The number of nitrogens with one attached hydrogen (secondary N) is 2. The number of rotatable bonds is 7. The van der Waals surface area contributed by atoms with Gasteiger partial charge in [0.05, 0.1) is 12.9 Å². The summed E-state index contributed by atoms with van der Waals surface area (Å²) in [5, 5.41) is 3.43. The van der Waals surface area contributed by atoms with Gasteiger partial charge in [0, 0.05) is 31.6 Å². The van der Waals surface area contributed by atoms with Gasteiger partial charge < -0.3 is 15.0 Å². The van der Waals surface area contributed by atoms with Crippen LogP contribution in [0.2, 0.25) is 0 Å². The Hall–Kier alpha value is -0.870. The molecule has 0 spiro atoms. The number of hydrogen-bond donors (Lipinski definition) is 2. The van der Waals surface area contributed by atoms with E-state index in [1.165, 1.54) is 6.42 Å². The van der Waals surface area contributed by atoms with E-state index in [9.17, 15) is 0 Å². The van der Waals surface area contributed by atoms with Gasteiger partial charge in [-0.05, 0) is 6.42 Å². The van der Waals surface area contributed by atoms with Crippen LogP contribution in [0.25, 0.3) is 0 Å². The van der Waals surface area contributed by atoms with Gasteiger partial charge in [-0.1, -0.05) is 13.3 Å². The predicted octanol–water partition coefficient (Wildman–Crippen LogP) is 1.31. The maximum atomic E-state index is 5.14. The highest BCUT2D eigenvalue weighted by Crippen LogP contribution is 1.99.